The van der Waals surface area contributed by atoms with Crippen LogP contribution in [0.25, 0.3) is 0 Å². The maximum Gasteiger partial charge on any atom is 0.0543 e. The molecule has 17 heavy (non-hydrogen) atoms. The van der Waals surface area contributed by atoms with Gasteiger partial charge in [0.2, 0.25) is 0 Å². The second-order valence-electron chi connectivity index (χ2n) is 6.33. The minimum atomic E-state index is 0.388. The van der Waals surface area contributed by atoms with Gasteiger partial charge in [0.25, 0.3) is 0 Å². The first kappa shape index (κ1) is 16.9. The molecule has 0 aliphatic rings. The van der Waals surface area contributed by atoms with Crippen molar-refractivity contribution >= 4 is 0 Å². The van der Waals surface area contributed by atoms with E-state index in [-0.39, 0.29) is 0 Å². The molecule has 0 aromatic heterocycles. The van der Waals surface area contributed by atoms with Crippen LogP contribution in [0.2, 0.25) is 0 Å². The van der Waals surface area contributed by atoms with E-state index in [0.717, 1.165) is 13.0 Å². The molecule has 0 radical (unpaired) electrons. The van der Waals surface area contributed by atoms with Crippen molar-refractivity contribution in [3.63, 3.8) is 0 Å². The Morgan fingerprint density at radius 3 is 2.24 bits per heavy atom. The fourth-order valence-corrected chi connectivity index (χ4v) is 2.07. The molecule has 0 aromatic rings. The molecule has 0 bridgehead atoms. The molecule has 2 atom stereocenters. The quantitative estimate of drug-likeness (QED) is 0.661. The van der Waals surface area contributed by atoms with Crippen LogP contribution in [0.5, 0.6) is 0 Å². The monoisotopic (exact) mass is 243 g/mol. The maximum atomic E-state index is 5.31. The van der Waals surface area contributed by atoms with Crippen LogP contribution < -0.4 is 5.32 Å². The van der Waals surface area contributed by atoms with Gasteiger partial charge in [-0.3, -0.25) is 0 Å². The molecule has 0 fully saturated rings. The lowest BCUT2D eigenvalue weighted by atomic mass is 9.88. The van der Waals surface area contributed by atoms with Crippen LogP contribution in [0.3, 0.4) is 0 Å². The van der Waals surface area contributed by atoms with Crippen molar-refractivity contribution in [2.45, 2.75) is 78.9 Å². The molecule has 0 spiro atoms. The number of hydrogen-bond donors (Lipinski definition) is 1. The van der Waals surface area contributed by atoms with E-state index in [4.69, 9.17) is 4.74 Å². The molecule has 0 saturated carbocycles. The normalized spacial score (nSPS) is 15.9. The van der Waals surface area contributed by atoms with Crippen molar-refractivity contribution < 1.29 is 4.74 Å². The van der Waals surface area contributed by atoms with Crippen LogP contribution in [0.1, 0.15) is 66.7 Å². The summed E-state index contributed by atoms with van der Waals surface area (Å²) in [6.45, 7) is 12.4. The highest BCUT2D eigenvalue weighted by Gasteiger charge is 2.13. The molecule has 0 aliphatic carbocycles. The zero-order chi connectivity index (χ0) is 13.3. The average molecular weight is 243 g/mol. The second-order valence-corrected chi connectivity index (χ2v) is 6.33. The van der Waals surface area contributed by atoms with Gasteiger partial charge in [0, 0.05) is 13.2 Å². The Morgan fingerprint density at radius 2 is 1.76 bits per heavy atom. The Bertz CT molecular complexity index is 174. The standard InChI is InChI=1S/C15H33NO/c1-7-16-14(11-10-13(2)17-6)9-8-12-15(3,4)5/h13-14,16H,7-12H2,1-6H3. The third-order valence-electron chi connectivity index (χ3n) is 3.30. The molecule has 104 valence electrons. The second kappa shape index (κ2) is 8.93. The van der Waals surface area contributed by atoms with E-state index in [1.807, 2.05) is 0 Å². The van der Waals surface area contributed by atoms with Gasteiger partial charge in [-0.2, -0.15) is 0 Å². The summed E-state index contributed by atoms with van der Waals surface area (Å²) in [4.78, 5) is 0. The predicted octanol–water partition coefficient (Wildman–Crippen LogP) is 4.00. The summed E-state index contributed by atoms with van der Waals surface area (Å²) < 4.78 is 5.31. The van der Waals surface area contributed by atoms with Crippen LogP contribution in [0, 0.1) is 5.41 Å². The Hall–Kier alpha value is -0.0800. The van der Waals surface area contributed by atoms with Gasteiger partial charge in [0.1, 0.15) is 0 Å². The summed E-state index contributed by atoms with van der Waals surface area (Å²) in [5.74, 6) is 0. The molecule has 0 aliphatic heterocycles. The summed E-state index contributed by atoms with van der Waals surface area (Å²) in [6, 6.07) is 0.667. The van der Waals surface area contributed by atoms with E-state index in [1.165, 1.54) is 25.7 Å². The first-order chi connectivity index (χ1) is 7.89. The van der Waals surface area contributed by atoms with Crippen LogP contribution in [0.15, 0.2) is 0 Å². The lowest BCUT2D eigenvalue weighted by Gasteiger charge is -2.22. The third-order valence-corrected chi connectivity index (χ3v) is 3.30. The van der Waals surface area contributed by atoms with Gasteiger partial charge in [-0.25, -0.2) is 0 Å². The molecular formula is C15H33NO. The van der Waals surface area contributed by atoms with Gasteiger partial charge < -0.3 is 10.1 Å². The molecule has 2 unspecified atom stereocenters. The van der Waals surface area contributed by atoms with Gasteiger partial charge in [0.05, 0.1) is 6.10 Å². The summed E-state index contributed by atoms with van der Waals surface area (Å²) in [7, 11) is 1.80. The number of ether oxygens (including phenoxy) is 1. The summed E-state index contributed by atoms with van der Waals surface area (Å²) >= 11 is 0. The molecular weight excluding hydrogens is 210 g/mol. The molecule has 2 nitrogen and oxygen atoms in total. The van der Waals surface area contributed by atoms with E-state index in [0.29, 0.717) is 17.6 Å². The van der Waals surface area contributed by atoms with Crippen molar-refractivity contribution in [1.29, 1.82) is 0 Å². The van der Waals surface area contributed by atoms with Crippen molar-refractivity contribution in [3.8, 4) is 0 Å². The number of nitrogens with one attached hydrogen (secondary N) is 1. The molecule has 0 heterocycles. The Kier molecular flexibility index (Phi) is 8.89. The maximum absolute atomic E-state index is 5.31. The fraction of sp³-hybridized carbons (Fsp3) is 1.00. The zero-order valence-corrected chi connectivity index (χ0v) is 12.8. The molecule has 0 amide bonds. The summed E-state index contributed by atoms with van der Waals surface area (Å²) in [6.07, 6.45) is 6.70. The van der Waals surface area contributed by atoms with Crippen LogP contribution in [-0.4, -0.2) is 25.8 Å². The van der Waals surface area contributed by atoms with Gasteiger partial charge >= 0.3 is 0 Å². The van der Waals surface area contributed by atoms with Crippen molar-refractivity contribution in [2.24, 2.45) is 5.41 Å². The summed E-state index contributed by atoms with van der Waals surface area (Å²) in [5.41, 5.74) is 0.469. The van der Waals surface area contributed by atoms with E-state index in [9.17, 15) is 0 Å². The number of rotatable bonds is 9. The van der Waals surface area contributed by atoms with E-state index >= 15 is 0 Å². The van der Waals surface area contributed by atoms with Gasteiger partial charge in [0.15, 0.2) is 0 Å². The zero-order valence-electron chi connectivity index (χ0n) is 12.8. The van der Waals surface area contributed by atoms with Gasteiger partial charge in [-0.15, -0.1) is 0 Å². The van der Waals surface area contributed by atoms with Crippen molar-refractivity contribution in [3.05, 3.63) is 0 Å². The highest BCUT2D eigenvalue weighted by molar-refractivity contribution is 4.70. The molecule has 0 saturated heterocycles. The topological polar surface area (TPSA) is 21.3 Å². The highest BCUT2D eigenvalue weighted by Crippen LogP contribution is 2.22. The van der Waals surface area contributed by atoms with Gasteiger partial charge in [-0.05, 0) is 44.6 Å². The minimum absolute atomic E-state index is 0.388. The smallest absolute Gasteiger partial charge is 0.0543 e. The van der Waals surface area contributed by atoms with E-state index in [2.05, 4.69) is 39.9 Å². The lowest BCUT2D eigenvalue weighted by Crippen LogP contribution is -2.30. The third kappa shape index (κ3) is 10.8. The van der Waals surface area contributed by atoms with Gasteiger partial charge in [-0.1, -0.05) is 34.1 Å². The number of hydrogen-bond acceptors (Lipinski definition) is 2. The molecule has 1 N–H and O–H groups in total. The van der Waals surface area contributed by atoms with Crippen LogP contribution in [-0.2, 0) is 4.74 Å². The van der Waals surface area contributed by atoms with Crippen molar-refractivity contribution in [1.82, 2.24) is 5.32 Å². The van der Waals surface area contributed by atoms with Crippen molar-refractivity contribution in [2.75, 3.05) is 13.7 Å². The highest BCUT2D eigenvalue weighted by atomic mass is 16.5. The number of methoxy groups -OCH3 is 1. The lowest BCUT2D eigenvalue weighted by molar-refractivity contribution is 0.105. The first-order valence-electron chi connectivity index (χ1n) is 7.15. The van der Waals surface area contributed by atoms with Crippen LogP contribution >= 0.6 is 0 Å². The average Bonchev–Trinajstić information content (AvgIpc) is 2.23. The SMILES string of the molecule is CCNC(CCCC(C)(C)C)CCC(C)OC. The van der Waals surface area contributed by atoms with E-state index in [1.54, 1.807) is 7.11 Å². The van der Waals surface area contributed by atoms with Crippen LogP contribution in [0.4, 0.5) is 0 Å². The first-order valence-corrected chi connectivity index (χ1v) is 7.15. The molecule has 2 heteroatoms. The Labute approximate surface area is 109 Å². The van der Waals surface area contributed by atoms with E-state index < -0.39 is 0 Å². The minimum Gasteiger partial charge on any atom is -0.382 e. The Balaban J connectivity index is 3.81. The predicted molar refractivity (Wildman–Crippen MR) is 76.5 cm³/mol. The molecule has 0 aromatic carbocycles. The Morgan fingerprint density at radius 1 is 1.12 bits per heavy atom. The fourth-order valence-electron chi connectivity index (χ4n) is 2.07. The molecule has 0 rings (SSSR count). The largest absolute Gasteiger partial charge is 0.382 e. The summed E-state index contributed by atoms with van der Waals surface area (Å²) in [5, 5.41) is 3.59.